The third-order valence-corrected chi connectivity index (χ3v) is 4.37. The SMILES string of the molecule is CCc1oc2ccccc2c1CNC1CCOC(C)(C)C1. The van der Waals surface area contributed by atoms with E-state index in [0.29, 0.717) is 6.04 Å². The Morgan fingerprint density at radius 2 is 2.10 bits per heavy atom. The van der Waals surface area contributed by atoms with Gasteiger partial charge in [-0.1, -0.05) is 25.1 Å². The topological polar surface area (TPSA) is 34.4 Å². The zero-order chi connectivity index (χ0) is 14.9. The minimum Gasteiger partial charge on any atom is -0.461 e. The fraction of sp³-hybridized carbons (Fsp3) is 0.556. The molecule has 1 aliphatic rings. The molecule has 0 saturated carbocycles. The number of benzene rings is 1. The number of hydrogen-bond acceptors (Lipinski definition) is 3. The summed E-state index contributed by atoms with van der Waals surface area (Å²) in [5, 5.41) is 4.95. The Kier molecular flexibility index (Phi) is 4.05. The highest BCUT2D eigenvalue weighted by atomic mass is 16.5. The summed E-state index contributed by atoms with van der Waals surface area (Å²) in [4.78, 5) is 0. The first-order chi connectivity index (χ1) is 10.1. The van der Waals surface area contributed by atoms with Gasteiger partial charge in [0, 0.05) is 36.6 Å². The molecule has 1 aromatic heterocycles. The third-order valence-electron chi connectivity index (χ3n) is 4.37. The monoisotopic (exact) mass is 287 g/mol. The van der Waals surface area contributed by atoms with Crippen molar-refractivity contribution in [3.63, 3.8) is 0 Å². The van der Waals surface area contributed by atoms with Gasteiger partial charge in [-0.15, -0.1) is 0 Å². The zero-order valence-corrected chi connectivity index (χ0v) is 13.2. The van der Waals surface area contributed by atoms with Gasteiger partial charge in [0.1, 0.15) is 11.3 Å². The number of furan rings is 1. The summed E-state index contributed by atoms with van der Waals surface area (Å²) in [6.07, 6.45) is 3.08. The van der Waals surface area contributed by atoms with Gasteiger partial charge in [-0.3, -0.25) is 0 Å². The molecule has 0 bridgehead atoms. The maximum Gasteiger partial charge on any atom is 0.134 e. The molecule has 3 heteroatoms. The number of hydrogen-bond donors (Lipinski definition) is 1. The summed E-state index contributed by atoms with van der Waals surface area (Å²) in [6.45, 7) is 8.22. The molecule has 1 aliphatic heterocycles. The summed E-state index contributed by atoms with van der Waals surface area (Å²) in [5.41, 5.74) is 2.30. The van der Waals surface area contributed by atoms with Crippen LogP contribution in [0, 0.1) is 0 Å². The molecule has 0 amide bonds. The van der Waals surface area contributed by atoms with Crippen LogP contribution in [-0.4, -0.2) is 18.2 Å². The molecule has 114 valence electrons. The highest BCUT2D eigenvalue weighted by Gasteiger charge is 2.28. The number of fused-ring (bicyclic) bond motifs is 1. The molecule has 0 spiro atoms. The van der Waals surface area contributed by atoms with E-state index in [4.69, 9.17) is 9.15 Å². The van der Waals surface area contributed by atoms with Crippen LogP contribution in [0.4, 0.5) is 0 Å². The third kappa shape index (κ3) is 3.14. The Morgan fingerprint density at radius 3 is 2.86 bits per heavy atom. The van der Waals surface area contributed by atoms with Crippen LogP contribution < -0.4 is 5.32 Å². The van der Waals surface area contributed by atoms with Gasteiger partial charge in [0.2, 0.25) is 0 Å². The lowest BCUT2D eigenvalue weighted by molar-refractivity contribution is -0.0630. The summed E-state index contributed by atoms with van der Waals surface area (Å²) < 4.78 is 11.8. The molecule has 3 nitrogen and oxygen atoms in total. The second-order valence-corrected chi connectivity index (χ2v) is 6.53. The predicted molar refractivity (Wildman–Crippen MR) is 85.5 cm³/mol. The second kappa shape index (κ2) is 5.82. The van der Waals surface area contributed by atoms with E-state index in [-0.39, 0.29) is 5.60 Å². The highest BCUT2D eigenvalue weighted by molar-refractivity contribution is 5.82. The highest BCUT2D eigenvalue weighted by Crippen LogP contribution is 2.28. The summed E-state index contributed by atoms with van der Waals surface area (Å²) >= 11 is 0. The molecule has 3 rings (SSSR count). The fourth-order valence-electron chi connectivity index (χ4n) is 3.28. The van der Waals surface area contributed by atoms with Crippen molar-refractivity contribution < 1.29 is 9.15 Å². The summed E-state index contributed by atoms with van der Waals surface area (Å²) in [5.74, 6) is 1.11. The molecule has 1 saturated heterocycles. The van der Waals surface area contributed by atoms with Crippen LogP contribution in [0.1, 0.15) is 44.9 Å². The van der Waals surface area contributed by atoms with E-state index < -0.39 is 0 Å². The van der Waals surface area contributed by atoms with Gasteiger partial charge >= 0.3 is 0 Å². The Labute approximate surface area is 126 Å². The van der Waals surface area contributed by atoms with E-state index >= 15 is 0 Å². The average Bonchev–Trinajstić information content (AvgIpc) is 2.82. The maximum absolute atomic E-state index is 5.96. The minimum atomic E-state index is -0.0119. The lowest BCUT2D eigenvalue weighted by atomic mass is 9.93. The first kappa shape index (κ1) is 14.6. The molecule has 2 aromatic rings. The molecule has 1 N–H and O–H groups in total. The van der Waals surface area contributed by atoms with Gasteiger partial charge in [-0.05, 0) is 32.8 Å². The number of aryl methyl sites for hydroxylation is 1. The minimum absolute atomic E-state index is 0.0119. The second-order valence-electron chi connectivity index (χ2n) is 6.53. The van der Waals surface area contributed by atoms with Gasteiger partial charge in [0.25, 0.3) is 0 Å². The predicted octanol–water partition coefficient (Wildman–Crippen LogP) is 4.04. The normalized spacial score (nSPS) is 21.8. The Hall–Kier alpha value is -1.32. The Bertz CT molecular complexity index is 615. The fourth-order valence-corrected chi connectivity index (χ4v) is 3.28. The van der Waals surface area contributed by atoms with E-state index in [1.807, 2.05) is 6.07 Å². The van der Waals surface area contributed by atoms with Crippen LogP contribution in [0.2, 0.25) is 0 Å². The lowest BCUT2D eigenvalue weighted by Gasteiger charge is -2.36. The Balaban J connectivity index is 1.75. The molecule has 2 heterocycles. The quantitative estimate of drug-likeness (QED) is 0.921. The van der Waals surface area contributed by atoms with E-state index in [9.17, 15) is 0 Å². The first-order valence-electron chi connectivity index (χ1n) is 7.95. The van der Waals surface area contributed by atoms with E-state index in [0.717, 1.165) is 43.8 Å². The maximum atomic E-state index is 5.96. The summed E-state index contributed by atoms with van der Waals surface area (Å²) in [6, 6.07) is 8.84. The molecular formula is C18H25NO2. The largest absolute Gasteiger partial charge is 0.461 e. The number of ether oxygens (including phenoxy) is 1. The van der Waals surface area contributed by atoms with Gasteiger partial charge in [-0.25, -0.2) is 0 Å². The van der Waals surface area contributed by atoms with Crippen LogP contribution in [0.3, 0.4) is 0 Å². The van der Waals surface area contributed by atoms with Crippen molar-refractivity contribution in [2.45, 2.75) is 58.2 Å². The van der Waals surface area contributed by atoms with E-state index in [2.05, 4.69) is 44.3 Å². The summed E-state index contributed by atoms with van der Waals surface area (Å²) in [7, 11) is 0. The van der Waals surface area contributed by atoms with E-state index in [1.54, 1.807) is 0 Å². The molecule has 21 heavy (non-hydrogen) atoms. The van der Waals surface area contributed by atoms with Gasteiger partial charge in [-0.2, -0.15) is 0 Å². The standard InChI is InChI=1S/C18H25NO2/c1-4-16-15(14-7-5-6-8-17(14)21-16)12-19-13-9-10-20-18(2,3)11-13/h5-8,13,19H,4,9-12H2,1-3H3. The number of rotatable bonds is 4. The van der Waals surface area contributed by atoms with Crippen LogP contribution in [0.15, 0.2) is 28.7 Å². The van der Waals surface area contributed by atoms with Crippen molar-refractivity contribution in [3.05, 3.63) is 35.6 Å². The van der Waals surface area contributed by atoms with Crippen molar-refractivity contribution in [2.75, 3.05) is 6.61 Å². The number of para-hydroxylation sites is 1. The number of nitrogens with one attached hydrogen (secondary N) is 1. The van der Waals surface area contributed by atoms with Crippen molar-refractivity contribution in [3.8, 4) is 0 Å². The van der Waals surface area contributed by atoms with E-state index in [1.165, 1.54) is 10.9 Å². The molecule has 0 aliphatic carbocycles. The van der Waals surface area contributed by atoms with Gasteiger partial charge < -0.3 is 14.5 Å². The molecule has 0 radical (unpaired) electrons. The molecule has 1 aromatic carbocycles. The smallest absolute Gasteiger partial charge is 0.134 e. The van der Waals surface area contributed by atoms with Crippen LogP contribution in [0.25, 0.3) is 11.0 Å². The van der Waals surface area contributed by atoms with Crippen molar-refractivity contribution in [1.82, 2.24) is 5.32 Å². The van der Waals surface area contributed by atoms with Crippen LogP contribution in [0.5, 0.6) is 0 Å². The molecular weight excluding hydrogens is 262 g/mol. The lowest BCUT2D eigenvalue weighted by Crippen LogP contribution is -2.43. The molecule has 1 fully saturated rings. The van der Waals surface area contributed by atoms with Crippen molar-refractivity contribution in [2.24, 2.45) is 0 Å². The van der Waals surface area contributed by atoms with Gasteiger partial charge in [0.15, 0.2) is 0 Å². The average molecular weight is 287 g/mol. The molecule has 1 unspecified atom stereocenters. The zero-order valence-electron chi connectivity index (χ0n) is 13.2. The van der Waals surface area contributed by atoms with Gasteiger partial charge in [0.05, 0.1) is 5.60 Å². The van der Waals surface area contributed by atoms with Crippen molar-refractivity contribution in [1.29, 1.82) is 0 Å². The van der Waals surface area contributed by atoms with Crippen LogP contribution >= 0.6 is 0 Å². The first-order valence-corrected chi connectivity index (χ1v) is 7.95. The van der Waals surface area contributed by atoms with Crippen molar-refractivity contribution >= 4 is 11.0 Å². The molecule has 1 atom stereocenters. The Morgan fingerprint density at radius 1 is 1.29 bits per heavy atom. The van der Waals surface area contributed by atoms with Crippen LogP contribution in [-0.2, 0) is 17.7 Å².